The van der Waals surface area contributed by atoms with Crippen LogP contribution in [-0.4, -0.2) is 17.9 Å². The van der Waals surface area contributed by atoms with Crippen molar-refractivity contribution in [3.05, 3.63) is 24.3 Å². The summed E-state index contributed by atoms with van der Waals surface area (Å²) in [4.78, 5) is 22.1. The Morgan fingerprint density at radius 2 is 1.94 bits per heavy atom. The van der Waals surface area contributed by atoms with Crippen molar-refractivity contribution in [3.8, 4) is 0 Å². The average Bonchev–Trinajstić information content (AvgIpc) is 2.20. The van der Waals surface area contributed by atoms with Crippen molar-refractivity contribution >= 4 is 23.2 Å². The van der Waals surface area contributed by atoms with E-state index in [1.54, 1.807) is 24.3 Å². The van der Waals surface area contributed by atoms with E-state index in [9.17, 15) is 9.59 Å². The van der Waals surface area contributed by atoms with E-state index in [1.165, 1.54) is 0 Å². The zero-order valence-electron chi connectivity index (χ0n) is 8.64. The minimum Gasteiger partial charge on any atom is -0.397 e. The van der Waals surface area contributed by atoms with Crippen LogP contribution in [0.15, 0.2) is 24.3 Å². The first-order valence-corrected chi connectivity index (χ1v) is 4.70. The van der Waals surface area contributed by atoms with Gasteiger partial charge >= 0.3 is 0 Å². The Kier molecular flexibility index (Phi) is 3.84. The number of para-hydroxylation sites is 2. The molecule has 6 heteroatoms. The van der Waals surface area contributed by atoms with Crippen LogP contribution in [0.1, 0.15) is 6.42 Å². The van der Waals surface area contributed by atoms with Gasteiger partial charge in [0, 0.05) is 0 Å². The molecule has 0 aromatic heterocycles. The number of hydrogen-bond donors (Lipinski definition) is 4. The molecule has 1 aromatic rings. The number of nitrogen functional groups attached to an aromatic ring is 1. The number of nitrogens with one attached hydrogen (secondary N) is 1. The van der Waals surface area contributed by atoms with E-state index in [1.807, 2.05) is 0 Å². The van der Waals surface area contributed by atoms with E-state index in [2.05, 4.69) is 5.32 Å². The first kappa shape index (κ1) is 12.0. The van der Waals surface area contributed by atoms with Gasteiger partial charge in [0.1, 0.15) is 0 Å². The van der Waals surface area contributed by atoms with Crippen LogP contribution >= 0.6 is 0 Å². The van der Waals surface area contributed by atoms with E-state index >= 15 is 0 Å². The van der Waals surface area contributed by atoms with E-state index < -0.39 is 17.9 Å². The zero-order chi connectivity index (χ0) is 12.1. The lowest BCUT2D eigenvalue weighted by Crippen LogP contribution is -2.39. The van der Waals surface area contributed by atoms with Crippen LogP contribution in [0.25, 0.3) is 0 Å². The molecule has 0 unspecified atom stereocenters. The molecule has 0 radical (unpaired) electrons. The molecule has 0 heterocycles. The number of primary amides is 1. The lowest BCUT2D eigenvalue weighted by Gasteiger charge is -2.11. The molecule has 1 aromatic carbocycles. The highest BCUT2D eigenvalue weighted by Gasteiger charge is 2.16. The van der Waals surface area contributed by atoms with Gasteiger partial charge in [-0.3, -0.25) is 9.59 Å². The second kappa shape index (κ2) is 5.13. The number of hydrogen-bond acceptors (Lipinski definition) is 4. The predicted octanol–water partition coefficient (Wildman–Crippen LogP) is -0.590. The largest absolute Gasteiger partial charge is 0.397 e. The molecule has 1 rings (SSSR count). The van der Waals surface area contributed by atoms with Gasteiger partial charge in [0.05, 0.1) is 23.8 Å². The summed E-state index contributed by atoms with van der Waals surface area (Å²) in [5.41, 5.74) is 16.9. The number of nitrogens with two attached hydrogens (primary N) is 3. The van der Waals surface area contributed by atoms with Crippen molar-refractivity contribution in [2.75, 3.05) is 11.1 Å². The van der Waals surface area contributed by atoms with Crippen molar-refractivity contribution in [2.45, 2.75) is 12.5 Å². The number of carbonyl (C=O) groups is 2. The smallest absolute Gasteiger partial charge is 0.241 e. The molecule has 0 saturated heterocycles. The van der Waals surface area contributed by atoms with Gasteiger partial charge < -0.3 is 22.5 Å². The van der Waals surface area contributed by atoms with Crippen molar-refractivity contribution in [2.24, 2.45) is 11.5 Å². The molecule has 2 amide bonds. The summed E-state index contributed by atoms with van der Waals surface area (Å²) in [5.74, 6) is -1.11. The van der Waals surface area contributed by atoms with E-state index in [0.29, 0.717) is 11.4 Å². The third-order valence-electron chi connectivity index (χ3n) is 1.98. The molecule has 6 nitrogen and oxygen atoms in total. The Morgan fingerprint density at radius 3 is 2.50 bits per heavy atom. The summed E-state index contributed by atoms with van der Waals surface area (Å²) in [5, 5.41) is 2.52. The number of anilines is 2. The van der Waals surface area contributed by atoms with Crippen molar-refractivity contribution in [1.82, 2.24) is 0 Å². The lowest BCUT2D eigenvalue weighted by atomic mass is 10.2. The predicted molar refractivity (Wildman–Crippen MR) is 61.3 cm³/mol. The summed E-state index contributed by atoms with van der Waals surface area (Å²) in [6, 6.07) is 5.80. The average molecular weight is 222 g/mol. The molecular formula is C10H14N4O2. The maximum absolute atomic E-state index is 11.5. The summed E-state index contributed by atoms with van der Waals surface area (Å²) in [6.45, 7) is 0. The van der Waals surface area contributed by atoms with Gasteiger partial charge in [0.2, 0.25) is 11.8 Å². The van der Waals surface area contributed by atoms with Gasteiger partial charge in [-0.2, -0.15) is 0 Å². The number of benzene rings is 1. The molecule has 1 atom stereocenters. The Morgan fingerprint density at radius 1 is 1.31 bits per heavy atom. The normalized spacial score (nSPS) is 11.8. The van der Waals surface area contributed by atoms with E-state index in [0.717, 1.165) is 0 Å². The number of carbonyl (C=O) groups excluding carboxylic acids is 2. The minimum atomic E-state index is -0.961. The monoisotopic (exact) mass is 222 g/mol. The molecule has 16 heavy (non-hydrogen) atoms. The third-order valence-corrected chi connectivity index (χ3v) is 1.98. The first-order valence-electron chi connectivity index (χ1n) is 4.70. The molecule has 0 fully saturated rings. The van der Waals surface area contributed by atoms with E-state index in [4.69, 9.17) is 17.2 Å². The van der Waals surface area contributed by atoms with Crippen LogP contribution in [0.5, 0.6) is 0 Å². The maximum Gasteiger partial charge on any atom is 0.241 e. The molecule has 0 saturated carbocycles. The fraction of sp³-hybridized carbons (Fsp3) is 0.200. The van der Waals surface area contributed by atoms with Crippen LogP contribution in [0.3, 0.4) is 0 Å². The van der Waals surface area contributed by atoms with Gasteiger partial charge in [0.25, 0.3) is 0 Å². The van der Waals surface area contributed by atoms with Gasteiger partial charge in [-0.1, -0.05) is 12.1 Å². The topological polar surface area (TPSA) is 124 Å². The molecule has 86 valence electrons. The van der Waals surface area contributed by atoms with Crippen molar-refractivity contribution < 1.29 is 9.59 Å². The molecule has 0 spiro atoms. The third kappa shape index (κ3) is 3.25. The van der Waals surface area contributed by atoms with Crippen LogP contribution in [-0.2, 0) is 9.59 Å². The van der Waals surface area contributed by atoms with Crippen LogP contribution in [0.2, 0.25) is 0 Å². The van der Waals surface area contributed by atoms with Gasteiger partial charge in [0.15, 0.2) is 0 Å². The summed E-state index contributed by atoms with van der Waals surface area (Å²) < 4.78 is 0. The lowest BCUT2D eigenvalue weighted by molar-refractivity contribution is -0.123. The molecule has 0 aliphatic rings. The quantitative estimate of drug-likeness (QED) is 0.508. The Hall–Kier alpha value is -2.08. The summed E-state index contributed by atoms with van der Waals surface area (Å²) >= 11 is 0. The van der Waals surface area contributed by atoms with Crippen LogP contribution < -0.4 is 22.5 Å². The Balaban J connectivity index is 2.64. The summed E-state index contributed by atoms with van der Waals surface area (Å²) in [6.07, 6.45) is -0.196. The van der Waals surface area contributed by atoms with Gasteiger partial charge in [-0.15, -0.1) is 0 Å². The number of amides is 2. The molecule has 0 bridgehead atoms. The second-order valence-electron chi connectivity index (χ2n) is 3.35. The molecule has 0 aliphatic carbocycles. The SMILES string of the molecule is NC(=O)C[C@H](N)C(=O)Nc1ccccc1N. The van der Waals surface area contributed by atoms with Crippen molar-refractivity contribution in [3.63, 3.8) is 0 Å². The molecular weight excluding hydrogens is 208 g/mol. The molecule has 0 aliphatic heterocycles. The highest BCUT2D eigenvalue weighted by atomic mass is 16.2. The fourth-order valence-electron chi connectivity index (χ4n) is 1.15. The van der Waals surface area contributed by atoms with Gasteiger partial charge in [-0.25, -0.2) is 0 Å². The number of rotatable bonds is 4. The fourth-order valence-corrected chi connectivity index (χ4v) is 1.15. The second-order valence-corrected chi connectivity index (χ2v) is 3.35. The minimum absolute atomic E-state index is 0.196. The van der Waals surface area contributed by atoms with Crippen LogP contribution in [0.4, 0.5) is 11.4 Å². The van der Waals surface area contributed by atoms with E-state index in [-0.39, 0.29) is 6.42 Å². The van der Waals surface area contributed by atoms with Gasteiger partial charge in [-0.05, 0) is 12.1 Å². The highest BCUT2D eigenvalue weighted by molar-refractivity contribution is 5.99. The van der Waals surface area contributed by atoms with Crippen LogP contribution in [0, 0.1) is 0 Å². The molecule has 7 N–H and O–H groups in total. The standard InChI is InChI=1S/C10H14N4O2/c11-6-3-1-2-4-8(6)14-10(16)7(12)5-9(13)15/h1-4,7H,5,11-12H2,(H2,13,15)(H,14,16)/t7-/m0/s1. The Bertz CT molecular complexity index is 406. The first-order chi connectivity index (χ1) is 7.50. The summed E-state index contributed by atoms with van der Waals surface area (Å²) in [7, 11) is 0. The van der Waals surface area contributed by atoms with Crippen molar-refractivity contribution in [1.29, 1.82) is 0 Å². The highest BCUT2D eigenvalue weighted by Crippen LogP contribution is 2.16. The zero-order valence-corrected chi connectivity index (χ0v) is 8.64. The Labute approximate surface area is 92.8 Å². The maximum atomic E-state index is 11.5.